The summed E-state index contributed by atoms with van der Waals surface area (Å²) in [5.74, 6) is -0.274. The van der Waals surface area contributed by atoms with E-state index >= 15 is 0 Å². The molecule has 1 aromatic heterocycles. The van der Waals surface area contributed by atoms with E-state index in [1.807, 2.05) is 13.0 Å². The van der Waals surface area contributed by atoms with Crippen LogP contribution in [0.1, 0.15) is 69.8 Å². The first-order valence-electron chi connectivity index (χ1n) is 13.3. The quantitative estimate of drug-likeness (QED) is 0.301. The lowest BCUT2D eigenvalue weighted by atomic mass is 9.58. The molecule has 8 nitrogen and oxygen atoms in total. The van der Waals surface area contributed by atoms with Gasteiger partial charge in [0.2, 0.25) is 11.8 Å². The molecule has 0 radical (unpaired) electrons. The number of nitrogens with zero attached hydrogens (tertiary/aromatic N) is 1. The maximum Gasteiger partial charge on any atom is 0.455 e. The number of amides is 2. The van der Waals surface area contributed by atoms with E-state index in [1.54, 1.807) is 17.0 Å². The van der Waals surface area contributed by atoms with Crippen LogP contribution in [-0.2, 0) is 20.9 Å². The van der Waals surface area contributed by atoms with Crippen molar-refractivity contribution in [1.82, 2.24) is 4.90 Å². The van der Waals surface area contributed by atoms with Crippen LogP contribution >= 0.6 is 0 Å². The van der Waals surface area contributed by atoms with Crippen LogP contribution in [0.4, 0.5) is 0 Å². The van der Waals surface area contributed by atoms with Crippen molar-refractivity contribution in [3.63, 3.8) is 0 Å². The number of fused-ring (bicyclic) bond motifs is 3. The van der Waals surface area contributed by atoms with Crippen molar-refractivity contribution in [3.8, 4) is 0 Å². The van der Waals surface area contributed by atoms with E-state index in [9.17, 15) is 24.8 Å². The number of aliphatic hydroxyl groups excluding tert-OH is 2. The van der Waals surface area contributed by atoms with Gasteiger partial charge in [0.25, 0.3) is 0 Å². The molecular weight excluding hydrogens is 461 g/mol. The molecule has 2 saturated heterocycles. The minimum Gasteiger partial charge on any atom is -0.459 e. The highest BCUT2D eigenvalue weighted by Crippen LogP contribution is 2.51. The van der Waals surface area contributed by atoms with Crippen molar-refractivity contribution in [1.29, 1.82) is 0 Å². The van der Waals surface area contributed by atoms with Crippen LogP contribution in [0.25, 0.3) is 6.08 Å². The van der Waals surface area contributed by atoms with E-state index in [2.05, 4.69) is 0 Å². The Morgan fingerprint density at radius 1 is 1.11 bits per heavy atom. The summed E-state index contributed by atoms with van der Waals surface area (Å²) in [7, 11) is -1.02. The average molecular weight is 497 g/mol. The Morgan fingerprint density at radius 3 is 2.58 bits per heavy atom. The number of imide groups is 1. The van der Waals surface area contributed by atoms with Gasteiger partial charge in [-0.1, -0.05) is 24.8 Å². The van der Waals surface area contributed by atoms with Gasteiger partial charge in [-0.3, -0.25) is 14.5 Å². The standard InChI is InChI=1S/C27H36BNO7/c1-16(11-19-8-9-20(15-31)35-19)7-10-23-24-17(14-30)12-21-25(22(24)13-28(34)36-23)27(33)29(26(21)32)18-5-3-2-4-6-18/h8-9,11,18,21-23,25,30-31,34H,2-7,10,12-15H2,1H3/b16-11+/t21-,22+,23-,25-/m1/s1. The lowest BCUT2D eigenvalue weighted by Crippen LogP contribution is -2.47. The monoisotopic (exact) mass is 497 g/mol. The Bertz CT molecular complexity index is 1060. The third-order valence-corrected chi connectivity index (χ3v) is 8.50. The Hall–Kier alpha value is -2.20. The number of likely N-dealkylation sites (tertiary alicyclic amines) is 1. The zero-order valence-corrected chi connectivity index (χ0v) is 20.9. The molecule has 3 heterocycles. The molecule has 3 fully saturated rings. The molecular formula is C27H36BNO7. The second-order valence-corrected chi connectivity index (χ2v) is 10.8. The van der Waals surface area contributed by atoms with Crippen LogP contribution in [0.3, 0.4) is 0 Å². The molecule has 0 bridgehead atoms. The molecule has 1 saturated carbocycles. The molecule has 1 aromatic rings. The average Bonchev–Trinajstić information content (AvgIpc) is 3.43. The predicted octanol–water partition coefficient (Wildman–Crippen LogP) is 3.08. The van der Waals surface area contributed by atoms with Crippen LogP contribution < -0.4 is 0 Å². The van der Waals surface area contributed by atoms with Gasteiger partial charge in [0, 0.05) is 6.04 Å². The molecule has 0 unspecified atom stereocenters. The molecule has 9 heteroatoms. The minimum atomic E-state index is -1.02. The Labute approximate surface area is 212 Å². The van der Waals surface area contributed by atoms with Crippen molar-refractivity contribution < 1.29 is 33.9 Å². The van der Waals surface area contributed by atoms with Crippen molar-refractivity contribution in [2.24, 2.45) is 17.8 Å². The lowest BCUT2D eigenvalue weighted by molar-refractivity contribution is -0.143. The lowest BCUT2D eigenvalue weighted by Gasteiger charge is -2.43. The number of aliphatic hydroxyl groups is 2. The van der Waals surface area contributed by atoms with E-state index in [0.717, 1.165) is 48.8 Å². The zero-order valence-electron chi connectivity index (χ0n) is 20.9. The van der Waals surface area contributed by atoms with Gasteiger partial charge >= 0.3 is 7.12 Å². The summed E-state index contributed by atoms with van der Waals surface area (Å²) < 4.78 is 11.5. The van der Waals surface area contributed by atoms with Crippen molar-refractivity contribution in [2.45, 2.75) is 83.4 Å². The van der Waals surface area contributed by atoms with Crippen LogP contribution in [0, 0.1) is 17.8 Å². The topological polar surface area (TPSA) is 120 Å². The van der Waals surface area contributed by atoms with Gasteiger partial charge in [-0.15, -0.1) is 0 Å². The first kappa shape index (κ1) is 25.5. The fourth-order valence-electron chi connectivity index (χ4n) is 6.86. The Kier molecular flexibility index (Phi) is 7.53. The highest BCUT2D eigenvalue weighted by Gasteiger charge is 2.58. The highest BCUT2D eigenvalue weighted by molar-refractivity contribution is 6.43. The second-order valence-electron chi connectivity index (χ2n) is 10.8. The van der Waals surface area contributed by atoms with E-state index in [1.165, 1.54) is 0 Å². The number of carbonyl (C=O) groups excluding carboxylic acids is 2. The molecule has 2 aliphatic heterocycles. The Balaban J connectivity index is 1.37. The van der Waals surface area contributed by atoms with Crippen LogP contribution in [0.2, 0.25) is 6.32 Å². The Morgan fingerprint density at radius 2 is 1.89 bits per heavy atom. The fraction of sp³-hybridized carbons (Fsp3) is 0.630. The molecule has 2 aliphatic carbocycles. The van der Waals surface area contributed by atoms with Crippen molar-refractivity contribution >= 4 is 25.0 Å². The first-order valence-corrected chi connectivity index (χ1v) is 13.3. The highest BCUT2D eigenvalue weighted by atomic mass is 16.5. The van der Waals surface area contributed by atoms with Gasteiger partial charge in [0.15, 0.2) is 0 Å². The molecule has 36 heavy (non-hydrogen) atoms. The molecule has 4 aliphatic rings. The summed E-state index contributed by atoms with van der Waals surface area (Å²) in [6.45, 7) is 1.65. The largest absolute Gasteiger partial charge is 0.459 e. The number of carbonyl (C=O) groups is 2. The summed E-state index contributed by atoms with van der Waals surface area (Å²) in [5, 5.41) is 30.1. The normalized spacial score (nSPS) is 29.7. The number of hydrogen-bond donors (Lipinski definition) is 3. The van der Waals surface area contributed by atoms with Crippen LogP contribution in [-0.4, -0.2) is 57.8 Å². The third kappa shape index (κ3) is 4.74. The van der Waals surface area contributed by atoms with Crippen molar-refractivity contribution in [2.75, 3.05) is 6.61 Å². The van der Waals surface area contributed by atoms with Gasteiger partial charge in [0.1, 0.15) is 18.1 Å². The SMILES string of the molecule is C/C(=C\c1ccc(CO)o1)CC[C@H]1OB(O)C[C@H]2C1=C(CO)C[C@H]1C(=O)N(C3CCCCC3)C(=O)[C@H]12. The summed E-state index contributed by atoms with van der Waals surface area (Å²) in [6.07, 6.45) is 8.31. The molecule has 0 spiro atoms. The number of hydrogen-bond acceptors (Lipinski definition) is 7. The second kappa shape index (κ2) is 10.7. The van der Waals surface area contributed by atoms with E-state index < -0.39 is 25.1 Å². The van der Waals surface area contributed by atoms with E-state index in [4.69, 9.17) is 9.07 Å². The zero-order chi connectivity index (χ0) is 25.4. The first-order chi connectivity index (χ1) is 17.4. The summed E-state index contributed by atoms with van der Waals surface area (Å²) in [6, 6.07) is 3.52. The smallest absolute Gasteiger partial charge is 0.455 e. The maximum atomic E-state index is 13.7. The molecule has 0 aromatic carbocycles. The van der Waals surface area contributed by atoms with Gasteiger partial charge in [-0.2, -0.15) is 0 Å². The number of allylic oxidation sites excluding steroid dienone is 1. The number of furan rings is 1. The summed E-state index contributed by atoms with van der Waals surface area (Å²) >= 11 is 0. The molecule has 5 rings (SSSR count). The van der Waals surface area contributed by atoms with Gasteiger partial charge in [0.05, 0.1) is 24.5 Å². The van der Waals surface area contributed by atoms with E-state index in [0.29, 0.717) is 30.8 Å². The fourth-order valence-corrected chi connectivity index (χ4v) is 6.86. The van der Waals surface area contributed by atoms with Crippen molar-refractivity contribution in [3.05, 3.63) is 40.4 Å². The van der Waals surface area contributed by atoms with Crippen LogP contribution in [0.5, 0.6) is 0 Å². The van der Waals surface area contributed by atoms with E-state index in [-0.39, 0.29) is 43.3 Å². The summed E-state index contributed by atoms with van der Waals surface area (Å²) in [4.78, 5) is 28.6. The molecule has 4 atom stereocenters. The predicted molar refractivity (Wildman–Crippen MR) is 133 cm³/mol. The molecule has 3 N–H and O–H groups in total. The van der Waals surface area contributed by atoms with Crippen LogP contribution in [0.15, 0.2) is 33.3 Å². The maximum absolute atomic E-state index is 13.7. The third-order valence-electron chi connectivity index (χ3n) is 8.50. The number of rotatable bonds is 7. The molecule has 194 valence electrons. The summed E-state index contributed by atoms with van der Waals surface area (Å²) in [5.41, 5.74) is 2.73. The van der Waals surface area contributed by atoms with Gasteiger partial charge in [-0.05, 0) is 80.6 Å². The molecule has 2 amide bonds. The van der Waals surface area contributed by atoms with Gasteiger partial charge < -0.3 is 24.3 Å². The minimum absolute atomic E-state index is 0.0216. The van der Waals surface area contributed by atoms with Gasteiger partial charge in [-0.25, -0.2) is 0 Å².